The van der Waals surface area contributed by atoms with E-state index in [4.69, 9.17) is 4.74 Å². The number of para-hydroxylation sites is 1. The summed E-state index contributed by atoms with van der Waals surface area (Å²) in [4.78, 5) is 14.4. The Morgan fingerprint density at radius 3 is 2.46 bits per heavy atom. The Balaban J connectivity index is 1.83. The van der Waals surface area contributed by atoms with Crippen molar-refractivity contribution in [1.29, 1.82) is 0 Å². The number of nitrogens with one attached hydrogen (secondary N) is 1. The molecule has 0 spiro atoms. The van der Waals surface area contributed by atoms with Crippen LogP contribution in [0.25, 0.3) is 0 Å². The molecule has 0 radical (unpaired) electrons. The second-order valence-electron chi connectivity index (χ2n) is 6.63. The molecule has 1 amide bonds. The van der Waals surface area contributed by atoms with E-state index < -0.39 is 0 Å². The van der Waals surface area contributed by atoms with E-state index >= 15 is 0 Å². The van der Waals surface area contributed by atoms with Crippen molar-refractivity contribution in [2.75, 3.05) is 26.2 Å². The van der Waals surface area contributed by atoms with Crippen molar-refractivity contribution in [3.05, 3.63) is 65.7 Å². The van der Waals surface area contributed by atoms with E-state index in [-0.39, 0.29) is 12.5 Å². The number of rotatable bonds is 10. The first-order chi connectivity index (χ1) is 12.6. The van der Waals surface area contributed by atoms with Crippen LogP contribution in [0.4, 0.5) is 0 Å². The summed E-state index contributed by atoms with van der Waals surface area (Å²) >= 11 is 0. The zero-order valence-electron chi connectivity index (χ0n) is 16.1. The van der Waals surface area contributed by atoms with E-state index in [0.29, 0.717) is 12.6 Å². The van der Waals surface area contributed by atoms with Crippen molar-refractivity contribution in [2.24, 2.45) is 0 Å². The molecule has 0 aliphatic carbocycles. The molecule has 0 aliphatic heterocycles. The lowest BCUT2D eigenvalue weighted by Gasteiger charge is -2.24. The first-order valence-corrected chi connectivity index (χ1v) is 9.35. The van der Waals surface area contributed by atoms with Crippen molar-refractivity contribution < 1.29 is 9.53 Å². The van der Waals surface area contributed by atoms with Gasteiger partial charge in [0.25, 0.3) is 5.91 Å². The van der Waals surface area contributed by atoms with Crippen LogP contribution in [0, 0.1) is 0 Å². The Morgan fingerprint density at radius 2 is 1.77 bits per heavy atom. The molecule has 0 aromatic heterocycles. The van der Waals surface area contributed by atoms with E-state index in [2.05, 4.69) is 43.1 Å². The first kappa shape index (κ1) is 20.0. The number of benzene rings is 2. The standard InChI is InChI=1S/C22H30N2O2/c1-4-24(18(2)3)15-14-23-22(25)17-26-21-13-9-8-12-20(21)16-19-10-6-5-7-11-19/h5-13,18H,4,14-17H2,1-3H3,(H,23,25). The number of ether oxygens (including phenoxy) is 1. The van der Waals surface area contributed by atoms with Gasteiger partial charge in [0.1, 0.15) is 5.75 Å². The lowest BCUT2D eigenvalue weighted by atomic mass is 10.0. The summed E-state index contributed by atoms with van der Waals surface area (Å²) < 4.78 is 5.78. The summed E-state index contributed by atoms with van der Waals surface area (Å²) in [5.74, 6) is 0.684. The minimum absolute atomic E-state index is 0.0413. The van der Waals surface area contributed by atoms with Gasteiger partial charge in [0.2, 0.25) is 0 Å². The van der Waals surface area contributed by atoms with Gasteiger partial charge in [0, 0.05) is 25.6 Å². The minimum Gasteiger partial charge on any atom is -0.483 e. The van der Waals surface area contributed by atoms with E-state index in [0.717, 1.165) is 30.8 Å². The fourth-order valence-electron chi connectivity index (χ4n) is 2.92. The van der Waals surface area contributed by atoms with Gasteiger partial charge in [-0.25, -0.2) is 0 Å². The summed E-state index contributed by atoms with van der Waals surface area (Å²) in [7, 11) is 0. The van der Waals surface area contributed by atoms with Crippen molar-refractivity contribution in [2.45, 2.75) is 33.2 Å². The molecule has 2 aromatic carbocycles. The number of hydrogen-bond acceptors (Lipinski definition) is 3. The van der Waals surface area contributed by atoms with E-state index in [1.54, 1.807) is 0 Å². The van der Waals surface area contributed by atoms with Gasteiger partial charge in [-0.3, -0.25) is 9.69 Å². The second kappa shape index (κ2) is 10.6. The maximum atomic E-state index is 12.1. The lowest BCUT2D eigenvalue weighted by molar-refractivity contribution is -0.123. The maximum absolute atomic E-state index is 12.1. The zero-order valence-corrected chi connectivity index (χ0v) is 16.1. The molecular weight excluding hydrogens is 324 g/mol. The SMILES string of the molecule is CCN(CCNC(=O)COc1ccccc1Cc1ccccc1)C(C)C. The molecule has 4 nitrogen and oxygen atoms in total. The average molecular weight is 354 g/mol. The molecule has 1 N–H and O–H groups in total. The highest BCUT2D eigenvalue weighted by Gasteiger charge is 2.09. The quantitative estimate of drug-likeness (QED) is 0.710. The molecule has 0 fully saturated rings. The zero-order chi connectivity index (χ0) is 18.8. The van der Waals surface area contributed by atoms with Crippen LogP contribution in [-0.2, 0) is 11.2 Å². The van der Waals surface area contributed by atoms with Gasteiger partial charge < -0.3 is 10.1 Å². The summed E-state index contributed by atoms with van der Waals surface area (Å²) in [6.07, 6.45) is 0.790. The fourth-order valence-corrected chi connectivity index (χ4v) is 2.92. The molecular formula is C22H30N2O2. The summed E-state index contributed by atoms with van der Waals surface area (Å²) in [6.45, 7) is 8.98. The highest BCUT2D eigenvalue weighted by atomic mass is 16.5. The van der Waals surface area contributed by atoms with Crippen LogP contribution in [0.3, 0.4) is 0 Å². The molecule has 0 atom stereocenters. The Hall–Kier alpha value is -2.33. The smallest absolute Gasteiger partial charge is 0.257 e. The maximum Gasteiger partial charge on any atom is 0.257 e. The molecule has 0 aliphatic rings. The van der Waals surface area contributed by atoms with Crippen LogP contribution in [0.5, 0.6) is 5.75 Å². The van der Waals surface area contributed by atoms with E-state index in [1.165, 1.54) is 5.56 Å². The minimum atomic E-state index is -0.0840. The van der Waals surface area contributed by atoms with Crippen LogP contribution in [0.1, 0.15) is 31.9 Å². The predicted molar refractivity (Wildman–Crippen MR) is 107 cm³/mol. The Labute approximate surface area is 157 Å². The van der Waals surface area contributed by atoms with Gasteiger partial charge in [0.15, 0.2) is 6.61 Å². The van der Waals surface area contributed by atoms with Crippen molar-refractivity contribution in [3.63, 3.8) is 0 Å². The van der Waals surface area contributed by atoms with E-state index in [9.17, 15) is 4.79 Å². The molecule has 0 saturated carbocycles. The Bertz CT molecular complexity index is 671. The van der Waals surface area contributed by atoms with Crippen molar-refractivity contribution >= 4 is 5.91 Å². The largest absolute Gasteiger partial charge is 0.483 e. The number of carbonyl (C=O) groups is 1. The van der Waals surface area contributed by atoms with Crippen LogP contribution >= 0.6 is 0 Å². The monoisotopic (exact) mass is 354 g/mol. The summed E-state index contributed by atoms with van der Waals surface area (Å²) in [5, 5.41) is 2.94. The lowest BCUT2D eigenvalue weighted by Crippen LogP contribution is -2.39. The molecule has 0 heterocycles. The number of amides is 1. The average Bonchev–Trinajstić information content (AvgIpc) is 2.65. The molecule has 0 saturated heterocycles. The Kier molecular flexibility index (Phi) is 8.16. The highest BCUT2D eigenvalue weighted by Crippen LogP contribution is 2.21. The van der Waals surface area contributed by atoms with Crippen molar-refractivity contribution in [3.8, 4) is 5.75 Å². The molecule has 140 valence electrons. The van der Waals surface area contributed by atoms with Crippen LogP contribution < -0.4 is 10.1 Å². The highest BCUT2D eigenvalue weighted by molar-refractivity contribution is 5.77. The van der Waals surface area contributed by atoms with Crippen LogP contribution in [0.15, 0.2) is 54.6 Å². The number of nitrogens with zero attached hydrogens (tertiary/aromatic N) is 1. The van der Waals surface area contributed by atoms with Gasteiger partial charge in [-0.05, 0) is 37.6 Å². The molecule has 2 aromatic rings. The first-order valence-electron chi connectivity index (χ1n) is 9.35. The molecule has 4 heteroatoms. The molecule has 2 rings (SSSR count). The summed E-state index contributed by atoms with van der Waals surface area (Å²) in [6, 6.07) is 18.6. The van der Waals surface area contributed by atoms with Gasteiger partial charge >= 0.3 is 0 Å². The second-order valence-corrected chi connectivity index (χ2v) is 6.63. The normalized spacial score (nSPS) is 11.0. The number of hydrogen-bond donors (Lipinski definition) is 1. The van der Waals surface area contributed by atoms with Crippen molar-refractivity contribution in [1.82, 2.24) is 10.2 Å². The van der Waals surface area contributed by atoms with E-state index in [1.807, 2.05) is 42.5 Å². The van der Waals surface area contributed by atoms with Gasteiger partial charge in [-0.15, -0.1) is 0 Å². The third kappa shape index (κ3) is 6.52. The van der Waals surface area contributed by atoms with Gasteiger partial charge in [0.05, 0.1) is 0 Å². The molecule has 0 bridgehead atoms. The van der Waals surface area contributed by atoms with Crippen LogP contribution in [0.2, 0.25) is 0 Å². The number of likely N-dealkylation sites (N-methyl/N-ethyl adjacent to an activating group) is 1. The third-order valence-electron chi connectivity index (χ3n) is 4.43. The van der Waals surface area contributed by atoms with Gasteiger partial charge in [-0.1, -0.05) is 55.5 Å². The topological polar surface area (TPSA) is 41.6 Å². The summed E-state index contributed by atoms with van der Waals surface area (Å²) in [5.41, 5.74) is 2.31. The Morgan fingerprint density at radius 1 is 1.08 bits per heavy atom. The third-order valence-corrected chi connectivity index (χ3v) is 4.43. The fraction of sp³-hybridized carbons (Fsp3) is 0.409. The molecule has 26 heavy (non-hydrogen) atoms. The predicted octanol–water partition coefficient (Wildman–Crippen LogP) is 3.50. The van der Waals surface area contributed by atoms with Crippen LogP contribution in [-0.4, -0.2) is 43.1 Å². The molecule has 0 unspecified atom stereocenters. The number of carbonyl (C=O) groups excluding carboxylic acids is 1. The van der Waals surface area contributed by atoms with Gasteiger partial charge in [-0.2, -0.15) is 0 Å².